The van der Waals surface area contributed by atoms with Gasteiger partial charge in [-0.15, -0.1) is 0 Å². The average molecular weight is 266 g/mol. The number of carbonyl (C=O) groups excluding carboxylic acids is 1. The number of carbonyl (C=O) groups is 2. The van der Waals surface area contributed by atoms with Crippen LogP contribution in [-0.2, 0) is 9.59 Å². The zero-order chi connectivity index (χ0) is 13.7. The second-order valence-electron chi connectivity index (χ2n) is 5.42. The second-order valence-corrected chi connectivity index (χ2v) is 5.42. The lowest BCUT2D eigenvalue weighted by Gasteiger charge is -2.23. The molecule has 0 saturated carbocycles. The molecule has 0 aromatic heterocycles. The van der Waals surface area contributed by atoms with Crippen molar-refractivity contribution >= 4 is 11.9 Å². The van der Waals surface area contributed by atoms with Gasteiger partial charge in [-0.2, -0.15) is 0 Å². The van der Waals surface area contributed by atoms with Gasteiger partial charge in [0.1, 0.15) is 0 Å². The molecule has 2 aliphatic rings. The molecule has 3 N–H and O–H groups in total. The average Bonchev–Trinajstić information content (AvgIpc) is 2.86. The summed E-state index contributed by atoms with van der Waals surface area (Å²) in [5.74, 6) is -1.25. The molecule has 1 fully saturated rings. The summed E-state index contributed by atoms with van der Waals surface area (Å²) >= 11 is 0. The minimum atomic E-state index is -0.820. The Morgan fingerprint density at radius 3 is 2.79 bits per heavy atom. The largest absolute Gasteiger partial charge is 0.481 e. The smallest absolute Gasteiger partial charge is 0.310 e. The van der Waals surface area contributed by atoms with Crippen LogP contribution in [0.25, 0.3) is 0 Å². The fourth-order valence-electron chi connectivity index (χ4n) is 2.74. The lowest BCUT2D eigenvalue weighted by Crippen LogP contribution is -2.37. The number of nitrogens with one attached hydrogen (secondary N) is 2. The lowest BCUT2D eigenvalue weighted by molar-refractivity contribution is -0.140. The predicted octanol–water partition coefficient (Wildman–Crippen LogP) is 1.05. The molecule has 5 nitrogen and oxygen atoms in total. The van der Waals surface area contributed by atoms with Gasteiger partial charge in [0.05, 0.1) is 5.92 Å². The molecule has 3 atom stereocenters. The van der Waals surface area contributed by atoms with E-state index in [-0.39, 0.29) is 11.9 Å². The van der Waals surface area contributed by atoms with Crippen LogP contribution in [-0.4, -0.2) is 35.6 Å². The van der Waals surface area contributed by atoms with Gasteiger partial charge < -0.3 is 15.7 Å². The highest BCUT2D eigenvalue weighted by Gasteiger charge is 2.25. The Balaban J connectivity index is 1.65. The van der Waals surface area contributed by atoms with Crippen LogP contribution >= 0.6 is 0 Å². The summed E-state index contributed by atoms with van der Waals surface area (Å²) in [6, 6.07) is 0.346. The van der Waals surface area contributed by atoms with E-state index in [9.17, 15) is 9.59 Å². The monoisotopic (exact) mass is 266 g/mol. The van der Waals surface area contributed by atoms with Crippen LogP contribution in [0.5, 0.6) is 0 Å². The van der Waals surface area contributed by atoms with Gasteiger partial charge in [-0.05, 0) is 32.2 Å². The molecule has 1 amide bonds. The minimum absolute atomic E-state index is 0.0214. The number of carboxylic acid groups (broad SMARTS) is 1. The summed E-state index contributed by atoms with van der Waals surface area (Å²) in [7, 11) is 0. The molecule has 19 heavy (non-hydrogen) atoms. The minimum Gasteiger partial charge on any atom is -0.481 e. The number of hydrogen-bond acceptors (Lipinski definition) is 3. The molecule has 0 aromatic carbocycles. The number of hydrogen-bond donors (Lipinski definition) is 3. The van der Waals surface area contributed by atoms with E-state index in [1.54, 1.807) is 12.2 Å². The zero-order valence-corrected chi connectivity index (χ0v) is 11.1. The summed E-state index contributed by atoms with van der Waals surface area (Å²) in [4.78, 5) is 22.6. The number of aliphatic carboxylic acids is 1. The Hall–Kier alpha value is -1.36. The fourth-order valence-corrected chi connectivity index (χ4v) is 2.74. The maximum absolute atomic E-state index is 11.8. The van der Waals surface area contributed by atoms with Crippen molar-refractivity contribution in [3.63, 3.8) is 0 Å². The van der Waals surface area contributed by atoms with E-state index in [0.29, 0.717) is 18.9 Å². The van der Waals surface area contributed by atoms with E-state index in [4.69, 9.17) is 5.11 Å². The molecule has 1 aliphatic carbocycles. The number of piperidine rings is 1. The quantitative estimate of drug-likeness (QED) is 0.650. The third-order valence-corrected chi connectivity index (χ3v) is 3.88. The summed E-state index contributed by atoms with van der Waals surface area (Å²) < 4.78 is 0. The van der Waals surface area contributed by atoms with Crippen molar-refractivity contribution in [3.05, 3.63) is 12.2 Å². The molecule has 3 unspecified atom stereocenters. The molecule has 0 spiro atoms. The van der Waals surface area contributed by atoms with E-state index in [1.807, 2.05) is 0 Å². The van der Waals surface area contributed by atoms with Crippen LogP contribution in [0.3, 0.4) is 0 Å². The van der Waals surface area contributed by atoms with Crippen molar-refractivity contribution in [2.24, 2.45) is 5.92 Å². The highest BCUT2D eigenvalue weighted by molar-refractivity contribution is 5.77. The van der Waals surface area contributed by atoms with Crippen molar-refractivity contribution < 1.29 is 14.7 Å². The molecular formula is C14H22N2O3. The Bertz CT molecular complexity index is 362. The van der Waals surface area contributed by atoms with Gasteiger partial charge in [0.15, 0.2) is 0 Å². The van der Waals surface area contributed by atoms with Gasteiger partial charge in [-0.1, -0.05) is 18.6 Å². The highest BCUT2D eigenvalue weighted by Crippen LogP contribution is 2.18. The van der Waals surface area contributed by atoms with Crippen LogP contribution in [0, 0.1) is 5.92 Å². The van der Waals surface area contributed by atoms with Crippen LogP contribution in [0.2, 0.25) is 0 Å². The molecule has 0 bridgehead atoms. The molecule has 1 saturated heterocycles. The fraction of sp³-hybridized carbons (Fsp3) is 0.714. The van der Waals surface area contributed by atoms with E-state index in [2.05, 4.69) is 10.6 Å². The van der Waals surface area contributed by atoms with Crippen LogP contribution in [0.1, 0.15) is 38.5 Å². The molecule has 1 heterocycles. The zero-order valence-electron chi connectivity index (χ0n) is 11.1. The Labute approximate surface area is 113 Å². The van der Waals surface area contributed by atoms with Crippen molar-refractivity contribution in [2.45, 2.75) is 50.6 Å². The van der Waals surface area contributed by atoms with Crippen LogP contribution < -0.4 is 10.6 Å². The van der Waals surface area contributed by atoms with E-state index in [0.717, 1.165) is 19.4 Å². The maximum Gasteiger partial charge on any atom is 0.310 e. The molecule has 1 aliphatic heterocycles. The van der Waals surface area contributed by atoms with Gasteiger partial charge in [-0.25, -0.2) is 0 Å². The van der Waals surface area contributed by atoms with Crippen LogP contribution in [0.4, 0.5) is 0 Å². The molecule has 0 radical (unpaired) electrons. The topological polar surface area (TPSA) is 78.4 Å². The normalized spacial score (nSPS) is 30.2. The van der Waals surface area contributed by atoms with Gasteiger partial charge in [0.25, 0.3) is 0 Å². The highest BCUT2D eigenvalue weighted by atomic mass is 16.4. The summed E-state index contributed by atoms with van der Waals surface area (Å²) in [5, 5.41) is 15.2. The van der Waals surface area contributed by atoms with Gasteiger partial charge in [0.2, 0.25) is 5.91 Å². The summed E-state index contributed by atoms with van der Waals surface area (Å²) in [6.45, 7) is 1.05. The second kappa shape index (κ2) is 6.70. The Morgan fingerprint density at radius 1 is 1.32 bits per heavy atom. The summed E-state index contributed by atoms with van der Waals surface area (Å²) in [5.41, 5.74) is 0. The first-order valence-electron chi connectivity index (χ1n) is 7.09. The molecule has 5 heteroatoms. The number of carboxylic acids is 1. The molecular weight excluding hydrogens is 244 g/mol. The van der Waals surface area contributed by atoms with Gasteiger partial charge >= 0.3 is 5.97 Å². The number of rotatable bonds is 5. The van der Waals surface area contributed by atoms with Gasteiger partial charge in [0, 0.05) is 18.5 Å². The van der Waals surface area contributed by atoms with Crippen molar-refractivity contribution in [1.29, 1.82) is 0 Å². The number of amides is 1. The van der Waals surface area contributed by atoms with E-state index >= 15 is 0 Å². The third kappa shape index (κ3) is 4.35. The predicted molar refractivity (Wildman–Crippen MR) is 71.7 cm³/mol. The van der Waals surface area contributed by atoms with Crippen molar-refractivity contribution in [2.75, 3.05) is 6.54 Å². The van der Waals surface area contributed by atoms with Crippen LogP contribution in [0.15, 0.2) is 12.2 Å². The Kier molecular flexibility index (Phi) is 4.96. The van der Waals surface area contributed by atoms with Gasteiger partial charge in [-0.3, -0.25) is 9.59 Å². The van der Waals surface area contributed by atoms with Crippen molar-refractivity contribution in [1.82, 2.24) is 10.6 Å². The SMILES string of the molecule is O=C(CCC1CCCCN1)NC1C=CC(C(=O)O)C1. The first-order valence-corrected chi connectivity index (χ1v) is 7.09. The lowest BCUT2D eigenvalue weighted by atomic mass is 10.0. The van der Waals surface area contributed by atoms with E-state index < -0.39 is 11.9 Å². The Morgan fingerprint density at radius 2 is 2.16 bits per heavy atom. The summed E-state index contributed by atoms with van der Waals surface area (Å²) in [6.07, 6.45) is 8.92. The maximum atomic E-state index is 11.8. The van der Waals surface area contributed by atoms with E-state index in [1.165, 1.54) is 12.8 Å². The molecule has 2 rings (SSSR count). The molecule has 106 valence electrons. The standard InChI is InChI=1S/C14H22N2O3/c17-13(7-6-11-3-1-2-8-15-11)16-12-5-4-10(9-12)14(18)19/h4-5,10-12,15H,1-3,6-9H2,(H,16,17)(H,18,19). The molecule has 0 aromatic rings. The third-order valence-electron chi connectivity index (χ3n) is 3.88. The van der Waals surface area contributed by atoms with Crippen molar-refractivity contribution in [3.8, 4) is 0 Å². The first-order chi connectivity index (χ1) is 9.15. The first kappa shape index (κ1) is 14.1.